The second kappa shape index (κ2) is 10.2. The quantitative estimate of drug-likeness (QED) is 0.306. The van der Waals surface area contributed by atoms with E-state index in [0.717, 1.165) is 11.4 Å². The summed E-state index contributed by atoms with van der Waals surface area (Å²) < 4.78 is 17.1. The molecule has 0 aliphatic heterocycles. The topological polar surface area (TPSA) is 98.7 Å². The van der Waals surface area contributed by atoms with Crippen LogP contribution in [0.5, 0.6) is 11.5 Å². The van der Waals surface area contributed by atoms with Crippen molar-refractivity contribution in [3.63, 3.8) is 0 Å². The summed E-state index contributed by atoms with van der Waals surface area (Å²) in [5.41, 5.74) is 3.18. The number of ether oxygens (including phenoxy) is 3. The molecule has 1 aromatic carbocycles. The molecule has 1 aromatic heterocycles. The normalized spacial score (nSPS) is 10.8. The minimum Gasteiger partial charge on any atom is -0.493 e. The molecule has 2 rings (SSSR count). The van der Waals surface area contributed by atoms with E-state index in [1.807, 2.05) is 13.0 Å². The predicted molar refractivity (Wildman–Crippen MR) is 104 cm³/mol. The third-order valence-corrected chi connectivity index (χ3v) is 4.62. The molecule has 0 aliphatic rings. The van der Waals surface area contributed by atoms with Gasteiger partial charge >= 0.3 is 0 Å². The SMILES string of the molecule is CCc1nn(C)c(=NC(=O)C(=C=Cc2ccc(OCOC)c(OC)c2)C#N)s1. The van der Waals surface area contributed by atoms with Crippen LogP contribution in [0.3, 0.4) is 0 Å². The Morgan fingerprint density at radius 2 is 2.18 bits per heavy atom. The highest BCUT2D eigenvalue weighted by molar-refractivity contribution is 7.08. The van der Waals surface area contributed by atoms with Gasteiger partial charge in [0.1, 0.15) is 11.1 Å². The number of carbonyl (C=O) groups is 1. The molecule has 0 saturated heterocycles. The molecule has 8 nitrogen and oxygen atoms in total. The average Bonchev–Trinajstić information content (AvgIpc) is 3.06. The van der Waals surface area contributed by atoms with E-state index < -0.39 is 5.91 Å². The molecule has 146 valence electrons. The van der Waals surface area contributed by atoms with Crippen LogP contribution in [-0.2, 0) is 23.0 Å². The maximum Gasteiger partial charge on any atom is 0.298 e. The van der Waals surface area contributed by atoms with E-state index in [-0.39, 0.29) is 12.4 Å². The Bertz CT molecular complexity index is 1020. The van der Waals surface area contributed by atoms with E-state index in [1.54, 1.807) is 25.2 Å². The monoisotopic (exact) mass is 400 g/mol. The molecule has 1 amide bonds. The first-order valence-electron chi connectivity index (χ1n) is 8.31. The molecule has 0 saturated carbocycles. The zero-order chi connectivity index (χ0) is 20.5. The van der Waals surface area contributed by atoms with Gasteiger partial charge in [0.2, 0.25) is 4.80 Å². The summed E-state index contributed by atoms with van der Waals surface area (Å²) in [4.78, 5) is 16.7. The minimum absolute atomic E-state index is 0.0921. The minimum atomic E-state index is -0.673. The average molecular weight is 400 g/mol. The van der Waals surface area contributed by atoms with Gasteiger partial charge in [-0.1, -0.05) is 30.1 Å². The largest absolute Gasteiger partial charge is 0.493 e. The summed E-state index contributed by atoms with van der Waals surface area (Å²) in [5, 5.41) is 14.4. The number of amides is 1. The standard InChI is InChI=1S/C19H20N4O4S/c1-5-17-22-23(2)19(28-17)21-18(24)14(11-20)8-6-13-7-9-15(27-12-25-3)16(10-13)26-4/h6-7,9-10H,5,12H2,1-4H3. The van der Waals surface area contributed by atoms with Crippen LogP contribution in [0, 0.1) is 11.3 Å². The number of carbonyl (C=O) groups excluding carboxylic acids is 1. The molecule has 2 aromatic rings. The third-order valence-electron chi connectivity index (χ3n) is 3.48. The molecule has 0 bridgehead atoms. The van der Waals surface area contributed by atoms with E-state index in [2.05, 4.69) is 15.8 Å². The van der Waals surface area contributed by atoms with Crippen molar-refractivity contribution in [2.75, 3.05) is 21.0 Å². The molecule has 1 heterocycles. The Hall–Kier alpha value is -3.18. The number of hydrogen-bond donors (Lipinski definition) is 0. The summed E-state index contributed by atoms with van der Waals surface area (Å²) in [5.74, 6) is 0.333. The molecule has 0 aliphatic carbocycles. The molecule has 0 radical (unpaired) electrons. The summed E-state index contributed by atoms with van der Waals surface area (Å²) in [6.45, 7) is 2.06. The lowest BCUT2D eigenvalue weighted by Crippen LogP contribution is -2.14. The van der Waals surface area contributed by atoms with Crippen LogP contribution >= 0.6 is 11.3 Å². The lowest BCUT2D eigenvalue weighted by molar-refractivity contribution is -0.114. The number of hydrogen-bond acceptors (Lipinski definition) is 7. The Balaban J connectivity index is 2.33. The van der Waals surface area contributed by atoms with Crippen molar-refractivity contribution in [1.29, 1.82) is 5.26 Å². The molecule has 0 atom stereocenters. The number of nitrogens with zero attached hydrogens (tertiary/aromatic N) is 4. The first kappa shape index (κ1) is 21.1. The fourth-order valence-corrected chi connectivity index (χ4v) is 2.92. The highest BCUT2D eigenvalue weighted by Crippen LogP contribution is 2.28. The van der Waals surface area contributed by atoms with Crippen molar-refractivity contribution in [2.24, 2.45) is 12.0 Å². The number of rotatable bonds is 7. The molecule has 0 unspecified atom stereocenters. The first-order chi connectivity index (χ1) is 13.5. The maximum atomic E-state index is 12.3. The van der Waals surface area contributed by atoms with Crippen molar-refractivity contribution in [2.45, 2.75) is 13.3 Å². The van der Waals surface area contributed by atoms with Gasteiger partial charge in [-0.05, 0) is 30.2 Å². The molecule has 0 spiro atoms. The zero-order valence-electron chi connectivity index (χ0n) is 16.1. The lowest BCUT2D eigenvalue weighted by Gasteiger charge is -2.10. The number of aryl methyl sites for hydroxylation is 2. The molecule has 0 N–H and O–H groups in total. The molecular weight excluding hydrogens is 380 g/mol. The van der Waals surface area contributed by atoms with Gasteiger partial charge in [0.25, 0.3) is 5.91 Å². The summed E-state index contributed by atoms with van der Waals surface area (Å²) in [6.07, 6.45) is 2.26. The second-order valence-corrected chi connectivity index (χ2v) is 6.45. The highest BCUT2D eigenvalue weighted by Gasteiger charge is 2.09. The van der Waals surface area contributed by atoms with Gasteiger partial charge in [-0.3, -0.25) is 4.79 Å². The van der Waals surface area contributed by atoms with Crippen molar-refractivity contribution < 1.29 is 19.0 Å². The summed E-state index contributed by atoms with van der Waals surface area (Å²) in [6, 6.07) is 6.98. The van der Waals surface area contributed by atoms with E-state index in [1.165, 1.54) is 36.3 Å². The van der Waals surface area contributed by atoms with Gasteiger partial charge in [0.15, 0.2) is 23.9 Å². The van der Waals surface area contributed by atoms with Crippen LogP contribution in [0.25, 0.3) is 6.08 Å². The third kappa shape index (κ3) is 5.41. The molecule has 9 heteroatoms. The van der Waals surface area contributed by atoms with Gasteiger partial charge in [-0.2, -0.15) is 15.4 Å². The van der Waals surface area contributed by atoms with Crippen LogP contribution in [0.4, 0.5) is 0 Å². The van der Waals surface area contributed by atoms with Crippen molar-refractivity contribution in [3.05, 3.63) is 44.9 Å². The fourth-order valence-electron chi connectivity index (χ4n) is 2.10. The van der Waals surface area contributed by atoms with Gasteiger partial charge in [-0.15, -0.1) is 0 Å². The Morgan fingerprint density at radius 1 is 1.39 bits per heavy atom. The van der Waals surface area contributed by atoms with Crippen LogP contribution < -0.4 is 14.3 Å². The first-order valence-corrected chi connectivity index (χ1v) is 9.12. The van der Waals surface area contributed by atoms with Crippen LogP contribution in [-0.4, -0.2) is 36.7 Å². The van der Waals surface area contributed by atoms with Crippen molar-refractivity contribution in [1.82, 2.24) is 9.78 Å². The molecule has 28 heavy (non-hydrogen) atoms. The second-order valence-electron chi connectivity index (χ2n) is 5.41. The van der Waals surface area contributed by atoms with Crippen LogP contribution in [0.15, 0.2) is 34.5 Å². The van der Waals surface area contributed by atoms with E-state index in [9.17, 15) is 10.1 Å². The van der Waals surface area contributed by atoms with E-state index in [4.69, 9.17) is 14.2 Å². The highest BCUT2D eigenvalue weighted by atomic mass is 32.1. The molecular formula is C19H20N4O4S. The van der Waals surface area contributed by atoms with E-state index in [0.29, 0.717) is 21.9 Å². The van der Waals surface area contributed by atoms with Crippen molar-refractivity contribution in [3.8, 4) is 17.6 Å². The summed E-state index contributed by atoms with van der Waals surface area (Å²) in [7, 11) is 4.74. The van der Waals surface area contributed by atoms with Crippen LogP contribution in [0.2, 0.25) is 0 Å². The molecule has 0 fully saturated rings. The summed E-state index contributed by atoms with van der Waals surface area (Å²) >= 11 is 1.31. The maximum absolute atomic E-state index is 12.3. The lowest BCUT2D eigenvalue weighted by atomic mass is 10.2. The van der Waals surface area contributed by atoms with Crippen LogP contribution in [0.1, 0.15) is 17.5 Å². The fraction of sp³-hybridized carbons (Fsp3) is 0.316. The van der Waals surface area contributed by atoms with Gasteiger partial charge in [0.05, 0.1) is 7.11 Å². The van der Waals surface area contributed by atoms with Gasteiger partial charge < -0.3 is 14.2 Å². The Morgan fingerprint density at radius 3 is 2.79 bits per heavy atom. The number of nitriles is 1. The zero-order valence-corrected chi connectivity index (χ0v) is 16.9. The van der Waals surface area contributed by atoms with E-state index >= 15 is 0 Å². The van der Waals surface area contributed by atoms with Crippen molar-refractivity contribution >= 4 is 23.3 Å². The van der Waals surface area contributed by atoms with Gasteiger partial charge in [-0.25, -0.2) is 4.68 Å². The predicted octanol–water partition coefficient (Wildman–Crippen LogP) is 2.22. The Labute approximate surface area is 166 Å². The smallest absolute Gasteiger partial charge is 0.298 e. The number of benzene rings is 1. The van der Waals surface area contributed by atoms with Gasteiger partial charge in [0, 0.05) is 14.2 Å². The number of aromatic nitrogens is 2. The Kier molecular flexibility index (Phi) is 7.72. The number of methoxy groups -OCH3 is 2.